The van der Waals surface area contributed by atoms with Gasteiger partial charge < -0.3 is 5.73 Å². The molecule has 0 aliphatic carbocycles. The molecule has 216 valence electrons. The molecule has 8 heteroatoms. The van der Waals surface area contributed by atoms with Crippen LogP contribution < -0.4 is 11.2 Å². The Morgan fingerprint density at radius 2 is 1.79 bits per heavy atom. The summed E-state index contributed by atoms with van der Waals surface area (Å²) in [6.07, 6.45) is 12.4. The van der Waals surface area contributed by atoms with Crippen molar-refractivity contribution in [1.82, 2.24) is 25.3 Å². The van der Waals surface area contributed by atoms with Crippen molar-refractivity contribution in [2.45, 2.75) is 52.6 Å². The zero-order chi connectivity index (χ0) is 29.2. The third-order valence-electron chi connectivity index (χ3n) is 8.46. The zero-order valence-corrected chi connectivity index (χ0v) is 25.0. The molecule has 1 unspecified atom stereocenters. The summed E-state index contributed by atoms with van der Waals surface area (Å²) >= 11 is 0. The Morgan fingerprint density at radius 1 is 1.02 bits per heavy atom. The fourth-order valence-electron chi connectivity index (χ4n) is 6.03. The first-order valence-electron chi connectivity index (χ1n) is 14.9. The zero-order valence-electron chi connectivity index (χ0n) is 25.0. The average Bonchev–Trinajstić information content (AvgIpc) is 3.43. The largest absolute Gasteiger partial charge is 0.384 e. The molecule has 3 aliphatic heterocycles. The van der Waals surface area contributed by atoms with Crippen LogP contribution in [0.15, 0.2) is 82.8 Å². The fraction of sp³-hybridized carbons (Fsp3) is 0.353. The minimum Gasteiger partial charge on any atom is -0.384 e. The van der Waals surface area contributed by atoms with Gasteiger partial charge in [-0.2, -0.15) is 10.2 Å². The minimum absolute atomic E-state index is 0.0652. The highest BCUT2D eigenvalue weighted by molar-refractivity contribution is 6.07. The molecule has 0 spiro atoms. The summed E-state index contributed by atoms with van der Waals surface area (Å²) in [7, 11) is 0. The summed E-state index contributed by atoms with van der Waals surface area (Å²) in [5, 5.41) is 11.3. The molecule has 0 amide bonds. The van der Waals surface area contributed by atoms with Crippen molar-refractivity contribution >= 4 is 23.4 Å². The van der Waals surface area contributed by atoms with Crippen molar-refractivity contribution < 1.29 is 0 Å². The highest BCUT2D eigenvalue weighted by Gasteiger charge is 2.30. The third-order valence-corrected chi connectivity index (χ3v) is 8.46. The van der Waals surface area contributed by atoms with E-state index < -0.39 is 0 Å². The Kier molecular flexibility index (Phi) is 7.89. The molecule has 8 nitrogen and oxygen atoms in total. The van der Waals surface area contributed by atoms with Crippen molar-refractivity contribution in [3.63, 3.8) is 0 Å². The second kappa shape index (κ2) is 11.9. The number of hydrazone groups is 2. The van der Waals surface area contributed by atoms with E-state index in [2.05, 4.69) is 95.6 Å². The normalized spacial score (nSPS) is 19.5. The van der Waals surface area contributed by atoms with Crippen LogP contribution in [-0.4, -0.2) is 51.1 Å². The summed E-state index contributed by atoms with van der Waals surface area (Å²) in [5.41, 5.74) is 18.4. The molecule has 1 atom stereocenters. The van der Waals surface area contributed by atoms with Crippen LogP contribution >= 0.6 is 0 Å². The first kappa shape index (κ1) is 27.8. The Balaban J connectivity index is 1.07. The summed E-state index contributed by atoms with van der Waals surface area (Å²) < 4.78 is 0. The number of rotatable bonds is 7. The number of likely N-dealkylation sites (tertiary alicyclic amines) is 1. The van der Waals surface area contributed by atoms with E-state index in [0.29, 0.717) is 17.7 Å². The second-order valence-electron chi connectivity index (χ2n) is 11.9. The number of anilines is 1. The first-order chi connectivity index (χ1) is 20.4. The highest BCUT2D eigenvalue weighted by atomic mass is 15.6. The van der Waals surface area contributed by atoms with Crippen LogP contribution in [0.1, 0.15) is 68.1 Å². The van der Waals surface area contributed by atoms with Gasteiger partial charge in [-0.1, -0.05) is 49.8 Å². The minimum atomic E-state index is -0.0652. The van der Waals surface area contributed by atoms with Gasteiger partial charge in [-0.3, -0.25) is 15.3 Å². The SMILES string of the molecule is C/C(=C\c1c(-c2ccc(N)nc2)ccnc1C)CN1CCC(c2ccc(C3NN=C4C=CC(C(C)C)=NN43)cc2)CC1. The number of nitrogen functional groups attached to an aromatic ring is 1. The molecule has 3 aromatic rings. The number of benzene rings is 1. The Bertz CT molecular complexity index is 1540. The summed E-state index contributed by atoms with van der Waals surface area (Å²) in [4.78, 5) is 11.4. The van der Waals surface area contributed by atoms with Crippen LogP contribution in [0.25, 0.3) is 17.2 Å². The predicted octanol–water partition coefficient (Wildman–Crippen LogP) is 6.12. The van der Waals surface area contributed by atoms with E-state index >= 15 is 0 Å². The molecule has 1 aromatic carbocycles. The lowest BCUT2D eigenvalue weighted by molar-refractivity contribution is 0.228. The summed E-state index contributed by atoms with van der Waals surface area (Å²) in [6.45, 7) is 11.8. The van der Waals surface area contributed by atoms with Crippen LogP contribution in [0.4, 0.5) is 5.82 Å². The van der Waals surface area contributed by atoms with Crippen molar-refractivity contribution in [2.24, 2.45) is 16.1 Å². The van der Waals surface area contributed by atoms with E-state index in [1.54, 1.807) is 0 Å². The van der Waals surface area contributed by atoms with Gasteiger partial charge in [0.05, 0.1) is 5.71 Å². The number of amidine groups is 1. The quantitative estimate of drug-likeness (QED) is 0.362. The molecule has 0 radical (unpaired) electrons. The van der Waals surface area contributed by atoms with Gasteiger partial charge in [-0.05, 0) is 98.7 Å². The van der Waals surface area contributed by atoms with Crippen LogP contribution in [0, 0.1) is 12.8 Å². The van der Waals surface area contributed by atoms with E-state index in [0.717, 1.165) is 66.4 Å². The lowest BCUT2D eigenvalue weighted by Gasteiger charge is -2.32. The Labute approximate surface area is 248 Å². The molecule has 1 fully saturated rings. The molecule has 1 saturated heterocycles. The maximum Gasteiger partial charge on any atom is 0.171 e. The smallest absolute Gasteiger partial charge is 0.171 e. The molecular formula is C34H40N8. The van der Waals surface area contributed by atoms with Crippen molar-refractivity contribution in [3.05, 3.63) is 95.0 Å². The van der Waals surface area contributed by atoms with E-state index in [-0.39, 0.29) is 6.17 Å². The molecule has 3 N–H and O–H groups in total. The number of nitrogens with zero attached hydrogens (tertiary/aromatic N) is 6. The maximum atomic E-state index is 5.82. The molecular weight excluding hydrogens is 520 g/mol. The lowest BCUT2D eigenvalue weighted by Crippen LogP contribution is -2.34. The second-order valence-corrected chi connectivity index (χ2v) is 11.9. The maximum absolute atomic E-state index is 5.82. The average molecular weight is 561 g/mol. The van der Waals surface area contributed by atoms with Gasteiger partial charge in [0.2, 0.25) is 0 Å². The molecule has 42 heavy (non-hydrogen) atoms. The third kappa shape index (κ3) is 5.85. The van der Waals surface area contributed by atoms with E-state index in [4.69, 9.17) is 10.8 Å². The number of hydrogen-bond donors (Lipinski definition) is 2. The van der Waals surface area contributed by atoms with Crippen LogP contribution in [0.5, 0.6) is 0 Å². The van der Waals surface area contributed by atoms with Crippen molar-refractivity contribution in [3.8, 4) is 11.1 Å². The van der Waals surface area contributed by atoms with Crippen LogP contribution in [0.2, 0.25) is 0 Å². The number of aromatic nitrogens is 2. The van der Waals surface area contributed by atoms with Crippen LogP contribution in [-0.2, 0) is 0 Å². The summed E-state index contributed by atoms with van der Waals surface area (Å²) in [6, 6.07) is 15.0. The van der Waals surface area contributed by atoms with Crippen molar-refractivity contribution in [2.75, 3.05) is 25.4 Å². The number of pyridine rings is 2. The first-order valence-corrected chi connectivity index (χ1v) is 14.9. The van der Waals surface area contributed by atoms with E-state index in [9.17, 15) is 0 Å². The molecule has 3 aliphatic rings. The summed E-state index contributed by atoms with van der Waals surface area (Å²) in [5.74, 6) is 2.35. The number of fused-ring (bicyclic) bond motifs is 1. The highest BCUT2D eigenvalue weighted by Crippen LogP contribution is 2.32. The number of nitrogens with one attached hydrogen (secondary N) is 1. The molecule has 0 bridgehead atoms. The van der Waals surface area contributed by atoms with Crippen molar-refractivity contribution in [1.29, 1.82) is 0 Å². The number of allylic oxidation sites excluding steroid dienone is 1. The van der Waals surface area contributed by atoms with Gasteiger partial charge in [0.25, 0.3) is 0 Å². The molecule has 2 aromatic heterocycles. The standard InChI is InChI=1S/C34H40N8/c1-22(2)31-10-12-33-38-39-34(42(33)40-31)27-7-5-25(6-8-27)26-14-17-41(18-15-26)21-23(3)19-30-24(4)36-16-13-29(30)28-9-11-32(35)37-20-28/h5-13,16,19-20,22,26,34,39H,14-15,17-18,21H2,1-4H3,(H2,35,37)/b23-19+. The van der Waals surface area contributed by atoms with Gasteiger partial charge in [0.15, 0.2) is 12.0 Å². The van der Waals surface area contributed by atoms with E-state index in [1.165, 1.54) is 16.7 Å². The van der Waals surface area contributed by atoms with Gasteiger partial charge in [0, 0.05) is 35.8 Å². The Morgan fingerprint density at radius 3 is 2.50 bits per heavy atom. The van der Waals surface area contributed by atoms with Gasteiger partial charge in [0.1, 0.15) is 5.82 Å². The fourth-order valence-corrected chi connectivity index (χ4v) is 6.03. The number of nitrogens with two attached hydrogens (primary N) is 1. The predicted molar refractivity (Wildman–Crippen MR) is 172 cm³/mol. The number of aryl methyl sites for hydroxylation is 1. The number of piperidine rings is 1. The topological polar surface area (TPSA) is 95.0 Å². The van der Waals surface area contributed by atoms with Crippen LogP contribution in [0.3, 0.4) is 0 Å². The monoisotopic (exact) mass is 560 g/mol. The van der Waals surface area contributed by atoms with Gasteiger partial charge >= 0.3 is 0 Å². The molecule has 0 saturated carbocycles. The number of hydrogen-bond acceptors (Lipinski definition) is 8. The van der Waals surface area contributed by atoms with E-state index in [1.807, 2.05) is 35.6 Å². The molecule has 6 rings (SSSR count). The lowest BCUT2D eigenvalue weighted by atomic mass is 9.88. The van der Waals surface area contributed by atoms with Gasteiger partial charge in [-0.15, -0.1) is 0 Å². The molecule has 5 heterocycles. The van der Waals surface area contributed by atoms with Gasteiger partial charge in [-0.25, -0.2) is 9.99 Å². The Hall–Kier alpha value is -4.30.